The molecular formula is C12H14BrClN2O2. The van der Waals surface area contributed by atoms with E-state index in [-0.39, 0.29) is 12.0 Å². The van der Waals surface area contributed by atoms with E-state index >= 15 is 0 Å². The molecule has 1 amide bonds. The van der Waals surface area contributed by atoms with E-state index in [1.54, 1.807) is 18.2 Å². The largest absolute Gasteiger partial charge is 0.375 e. The van der Waals surface area contributed by atoms with Crippen LogP contribution >= 0.6 is 27.5 Å². The Morgan fingerprint density at radius 1 is 1.61 bits per heavy atom. The van der Waals surface area contributed by atoms with Gasteiger partial charge < -0.3 is 15.4 Å². The van der Waals surface area contributed by atoms with Crippen molar-refractivity contribution >= 4 is 39.1 Å². The molecule has 0 bridgehead atoms. The van der Waals surface area contributed by atoms with Crippen LogP contribution in [0.4, 0.5) is 5.69 Å². The van der Waals surface area contributed by atoms with Crippen molar-refractivity contribution in [3.8, 4) is 0 Å². The van der Waals surface area contributed by atoms with E-state index in [1.807, 2.05) is 0 Å². The van der Waals surface area contributed by atoms with Crippen molar-refractivity contribution < 1.29 is 9.53 Å². The van der Waals surface area contributed by atoms with E-state index in [9.17, 15) is 4.79 Å². The van der Waals surface area contributed by atoms with Gasteiger partial charge in [-0.3, -0.25) is 4.79 Å². The Morgan fingerprint density at radius 2 is 2.44 bits per heavy atom. The average molecular weight is 334 g/mol. The van der Waals surface area contributed by atoms with Gasteiger partial charge in [-0.05, 0) is 34.1 Å². The highest BCUT2D eigenvalue weighted by atomic mass is 79.9. The fourth-order valence-corrected chi connectivity index (χ4v) is 2.17. The molecule has 0 saturated carbocycles. The number of ether oxygens (including phenoxy) is 1. The van der Waals surface area contributed by atoms with E-state index in [2.05, 4.69) is 26.6 Å². The Kier molecular flexibility index (Phi) is 5.00. The van der Waals surface area contributed by atoms with Crippen LogP contribution in [0.3, 0.4) is 0 Å². The number of nitrogens with one attached hydrogen (secondary N) is 2. The number of amides is 1. The zero-order chi connectivity index (χ0) is 13.0. The van der Waals surface area contributed by atoms with Crippen molar-refractivity contribution in [2.45, 2.75) is 12.5 Å². The van der Waals surface area contributed by atoms with Crippen molar-refractivity contribution in [2.24, 2.45) is 0 Å². The summed E-state index contributed by atoms with van der Waals surface area (Å²) in [5.41, 5.74) is 0.692. The lowest BCUT2D eigenvalue weighted by atomic mass is 10.2. The second-order valence-electron chi connectivity index (χ2n) is 4.08. The highest BCUT2D eigenvalue weighted by Gasteiger charge is 2.17. The van der Waals surface area contributed by atoms with Crippen molar-refractivity contribution in [3.63, 3.8) is 0 Å². The molecule has 0 spiro atoms. The molecule has 2 N–H and O–H groups in total. The smallest absolute Gasteiger partial charge is 0.227 e. The van der Waals surface area contributed by atoms with Crippen LogP contribution in [0.2, 0.25) is 5.02 Å². The van der Waals surface area contributed by atoms with Crippen molar-refractivity contribution in [1.82, 2.24) is 5.32 Å². The maximum atomic E-state index is 11.8. The summed E-state index contributed by atoms with van der Waals surface area (Å²) in [5, 5.41) is 6.57. The van der Waals surface area contributed by atoms with Gasteiger partial charge in [-0.2, -0.15) is 0 Å². The van der Waals surface area contributed by atoms with Gasteiger partial charge in [0.15, 0.2) is 0 Å². The van der Waals surface area contributed by atoms with E-state index in [4.69, 9.17) is 16.3 Å². The second kappa shape index (κ2) is 6.52. The molecule has 4 nitrogen and oxygen atoms in total. The number of hydrogen-bond donors (Lipinski definition) is 2. The molecule has 1 atom stereocenters. The van der Waals surface area contributed by atoms with Crippen LogP contribution < -0.4 is 10.6 Å². The molecule has 2 rings (SSSR count). The first-order valence-corrected chi connectivity index (χ1v) is 6.89. The zero-order valence-corrected chi connectivity index (χ0v) is 12.1. The molecule has 6 heteroatoms. The van der Waals surface area contributed by atoms with Gasteiger partial charge >= 0.3 is 0 Å². The molecule has 1 unspecified atom stereocenters. The lowest BCUT2D eigenvalue weighted by Gasteiger charge is -2.23. The summed E-state index contributed by atoms with van der Waals surface area (Å²) in [4.78, 5) is 11.8. The highest BCUT2D eigenvalue weighted by molar-refractivity contribution is 9.10. The fraction of sp³-hybridized carbons (Fsp3) is 0.417. The molecule has 1 saturated heterocycles. The van der Waals surface area contributed by atoms with Gasteiger partial charge in [0, 0.05) is 23.2 Å². The van der Waals surface area contributed by atoms with Crippen LogP contribution in [0.15, 0.2) is 22.7 Å². The van der Waals surface area contributed by atoms with E-state index < -0.39 is 0 Å². The number of rotatable bonds is 3. The van der Waals surface area contributed by atoms with Gasteiger partial charge in [0.1, 0.15) is 0 Å². The Balaban J connectivity index is 1.88. The molecule has 1 fully saturated rings. The lowest BCUT2D eigenvalue weighted by Crippen LogP contribution is -2.40. The Hall–Kier alpha value is -0.620. The van der Waals surface area contributed by atoms with Crippen molar-refractivity contribution in [1.29, 1.82) is 0 Å². The van der Waals surface area contributed by atoms with Gasteiger partial charge in [-0.25, -0.2) is 0 Å². The molecule has 1 aliphatic heterocycles. The number of anilines is 1. The fourth-order valence-electron chi connectivity index (χ4n) is 1.74. The number of morpholine rings is 1. The molecule has 0 aromatic heterocycles. The monoisotopic (exact) mass is 332 g/mol. The van der Waals surface area contributed by atoms with Crippen molar-refractivity contribution in [3.05, 3.63) is 27.7 Å². The van der Waals surface area contributed by atoms with E-state index in [0.29, 0.717) is 30.3 Å². The second-order valence-corrected chi connectivity index (χ2v) is 5.34. The van der Waals surface area contributed by atoms with Gasteiger partial charge in [0.05, 0.1) is 24.2 Å². The first kappa shape index (κ1) is 13.8. The summed E-state index contributed by atoms with van der Waals surface area (Å²) >= 11 is 9.26. The van der Waals surface area contributed by atoms with Crippen LogP contribution in [-0.4, -0.2) is 31.7 Å². The van der Waals surface area contributed by atoms with Gasteiger partial charge in [0.25, 0.3) is 0 Å². The predicted octanol–water partition coefficient (Wildman–Crippen LogP) is 2.42. The molecule has 0 aliphatic carbocycles. The van der Waals surface area contributed by atoms with Gasteiger partial charge in [-0.15, -0.1) is 0 Å². The normalized spacial score (nSPS) is 19.6. The van der Waals surface area contributed by atoms with Crippen LogP contribution in [0, 0.1) is 0 Å². The Bertz CT molecular complexity index is 436. The molecule has 18 heavy (non-hydrogen) atoms. The summed E-state index contributed by atoms with van der Waals surface area (Å²) in [6.45, 7) is 2.22. The summed E-state index contributed by atoms with van der Waals surface area (Å²) in [7, 11) is 0. The van der Waals surface area contributed by atoms with Gasteiger partial charge in [0.2, 0.25) is 5.91 Å². The molecule has 0 radical (unpaired) electrons. The average Bonchev–Trinajstić information content (AvgIpc) is 2.35. The summed E-state index contributed by atoms with van der Waals surface area (Å²) in [6.07, 6.45) is 0.297. The number of carbonyl (C=O) groups is 1. The quantitative estimate of drug-likeness (QED) is 0.893. The third-order valence-corrected chi connectivity index (χ3v) is 3.85. The van der Waals surface area contributed by atoms with Crippen LogP contribution in [0.1, 0.15) is 6.42 Å². The minimum atomic E-state index is -0.0675. The number of hydrogen-bond acceptors (Lipinski definition) is 3. The Labute approximate surface area is 119 Å². The SMILES string of the molecule is O=C(CC1CNCCO1)Nc1ccc(Br)c(Cl)c1. The molecule has 1 aromatic carbocycles. The zero-order valence-electron chi connectivity index (χ0n) is 9.71. The Morgan fingerprint density at radius 3 is 3.11 bits per heavy atom. The predicted molar refractivity (Wildman–Crippen MR) is 75.0 cm³/mol. The summed E-state index contributed by atoms with van der Waals surface area (Å²) < 4.78 is 6.28. The molecular weight excluding hydrogens is 320 g/mol. The third-order valence-electron chi connectivity index (χ3n) is 2.62. The topological polar surface area (TPSA) is 50.4 Å². The maximum Gasteiger partial charge on any atom is 0.227 e. The molecule has 1 aliphatic rings. The van der Waals surface area contributed by atoms with Crippen LogP contribution in [0.5, 0.6) is 0 Å². The van der Waals surface area contributed by atoms with Gasteiger partial charge in [-0.1, -0.05) is 11.6 Å². The minimum absolute atomic E-state index is 0.0512. The minimum Gasteiger partial charge on any atom is -0.375 e. The third kappa shape index (κ3) is 3.95. The van der Waals surface area contributed by atoms with E-state index in [0.717, 1.165) is 11.0 Å². The highest BCUT2D eigenvalue weighted by Crippen LogP contribution is 2.25. The van der Waals surface area contributed by atoms with Crippen LogP contribution in [0.25, 0.3) is 0 Å². The number of carbonyl (C=O) groups excluding carboxylic acids is 1. The molecule has 1 heterocycles. The molecule has 98 valence electrons. The first-order chi connectivity index (χ1) is 8.65. The number of benzene rings is 1. The summed E-state index contributed by atoms with van der Waals surface area (Å²) in [6, 6.07) is 5.31. The lowest BCUT2D eigenvalue weighted by molar-refractivity contribution is -0.119. The standard InChI is InChI=1S/C12H14BrClN2O2/c13-10-2-1-8(5-11(10)14)16-12(17)6-9-7-15-3-4-18-9/h1-2,5,9,15H,3-4,6-7H2,(H,16,17). The van der Waals surface area contributed by atoms with Crippen LogP contribution in [-0.2, 0) is 9.53 Å². The number of halogens is 2. The summed E-state index contributed by atoms with van der Waals surface area (Å²) in [5.74, 6) is -0.0675. The van der Waals surface area contributed by atoms with E-state index in [1.165, 1.54) is 0 Å². The van der Waals surface area contributed by atoms with Crippen molar-refractivity contribution in [2.75, 3.05) is 25.0 Å². The maximum absolute atomic E-state index is 11.8. The molecule has 1 aromatic rings. The first-order valence-electron chi connectivity index (χ1n) is 5.72.